The van der Waals surface area contributed by atoms with Gasteiger partial charge in [-0.3, -0.25) is 4.79 Å². The molecular weight excluding hydrogens is 260 g/mol. The minimum absolute atomic E-state index is 0.0874. The third kappa shape index (κ3) is 2.15. The Morgan fingerprint density at radius 3 is 2.95 bits per heavy atom. The molecule has 1 aliphatic heterocycles. The van der Waals surface area contributed by atoms with Crippen LogP contribution in [0.3, 0.4) is 0 Å². The maximum absolute atomic E-state index is 12.4. The van der Waals surface area contributed by atoms with Gasteiger partial charge in [0.1, 0.15) is 0 Å². The zero-order chi connectivity index (χ0) is 13.4. The molecule has 0 aliphatic carbocycles. The van der Waals surface area contributed by atoms with Gasteiger partial charge in [-0.2, -0.15) is 0 Å². The number of halogens is 1. The first-order valence-electron chi connectivity index (χ1n) is 6.36. The standard InChI is InChI=1S/C15H15ClN2O/c1-10-12(5-7-17-10)15(19)18-8-6-13-11(9-18)3-2-4-14(13)16/h2-5,7,17H,6,8-9H2,1H3. The van der Waals surface area contributed by atoms with E-state index in [1.54, 1.807) is 6.20 Å². The fourth-order valence-electron chi connectivity index (χ4n) is 2.59. The highest BCUT2D eigenvalue weighted by Gasteiger charge is 2.24. The quantitative estimate of drug-likeness (QED) is 0.852. The van der Waals surface area contributed by atoms with Crippen molar-refractivity contribution in [3.05, 3.63) is 57.9 Å². The van der Waals surface area contributed by atoms with E-state index in [-0.39, 0.29) is 5.91 Å². The van der Waals surface area contributed by atoms with Crippen LogP contribution in [0.2, 0.25) is 5.02 Å². The summed E-state index contributed by atoms with van der Waals surface area (Å²) in [6.07, 6.45) is 2.63. The minimum atomic E-state index is 0.0874. The van der Waals surface area contributed by atoms with Gasteiger partial charge in [0.2, 0.25) is 0 Å². The molecule has 1 aromatic heterocycles. The van der Waals surface area contributed by atoms with Crippen molar-refractivity contribution in [2.45, 2.75) is 19.9 Å². The SMILES string of the molecule is Cc1[nH]ccc1C(=O)N1CCc2c(Cl)cccc2C1. The molecule has 0 bridgehead atoms. The average Bonchev–Trinajstić information content (AvgIpc) is 2.84. The summed E-state index contributed by atoms with van der Waals surface area (Å²) in [6, 6.07) is 7.74. The molecule has 1 aliphatic rings. The number of aromatic amines is 1. The summed E-state index contributed by atoms with van der Waals surface area (Å²) >= 11 is 6.19. The summed E-state index contributed by atoms with van der Waals surface area (Å²) in [7, 11) is 0. The van der Waals surface area contributed by atoms with Crippen LogP contribution in [0.4, 0.5) is 0 Å². The van der Waals surface area contributed by atoms with Gasteiger partial charge in [-0.25, -0.2) is 0 Å². The number of benzene rings is 1. The highest BCUT2D eigenvalue weighted by Crippen LogP contribution is 2.26. The molecule has 98 valence electrons. The van der Waals surface area contributed by atoms with E-state index in [0.29, 0.717) is 6.54 Å². The zero-order valence-corrected chi connectivity index (χ0v) is 11.5. The molecule has 0 atom stereocenters. The predicted molar refractivity (Wildman–Crippen MR) is 75.4 cm³/mol. The van der Waals surface area contributed by atoms with Crippen molar-refractivity contribution in [1.29, 1.82) is 0 Å². The number of H-pyrrole nitrogens is 1. The van der Waals surface area contributed by atoms with Crippen LogP contribution in [0.15, 0.2) is 30.5 Å². The van der Waals surface area contributed by atoms with Crippen LogP contribution in [0.5, 0.6) is 0 Å². The molecule has 2 heterocycles. The Balaban J connectivity index is 1.87. The molecule has 2 aromatic rings. The van der Waals surface area contributed by atoms with Crippen molar-refractivity contribution in [3.63, 3.8) is 0 Å². The lowest BCUT2D eigenvalue weighted by Crippen LogP contribution is -2.36. The van der Waals surface area contributed by atoms with Crippen molar-refractivity contribution in [2.75, 3.05) is 6.54 Å². The molecule has 1 aromatic carbocycles. The van der Waals surface area contributed by atoms with Gasteiger partial charge in [0.25, 0.3) is 5.91 Å². The molecule has 0 radical (unpaired) electrons. The molecule has 3 rings (SSSR count). The number of aromatic nitrogens is 1. The van der Waals surface area contributed by atoms with E-state index >= 15 is 0 Å². The van der Waals surface area contributed by atoms with Crippen molar-refractivity contribution in [2.24, 2.45) is 0 Å². The Morgan fingerprint density at radius 1 is 1.37 bits per heavy atom. The average molecular weight is 275 g/mol. The van der Waals surface area contributed by atoms with Gasteiger partial charge >= 0.3 is 0 Å². The molecule has 4 heteroatoms. The molecule has 0 spiro atoms. The van der Waals surface area contributed by atoms with E-state index in [1.807, 2.05) is 36.1 Å². The third-order valence-corrected chi connectivity index (χ3v) is 4.03. The first-order valence-corrected chi connectivity index (χ1v) is 6.74. The first kappa shape index (κ1) is 12.3. The van der Waals surface area contributed by atoms with E-state index < -0.39 is 0 Å². The van der Waals surface area contributed by atoms with Crippen LogP contribution < -0.4 is 0 Å². The molecule has 0 saturated heterocycles. The Bertz CT molecular complexity index is 633. The fourth-order valence-corrected chi connectivity index (χ4v) is 2.88. The highest BCUT2D eigenvalue weighted by molar-refractivity contribution is 6.31. The summed E-state index contributed by atoms with van der Waals surface area (Å²) in [5, 5.41) is 0.808. The van der Waals surface area contributed by atoms with E-state index in [0.717, 1.165) is 34.8 Å². The third-order valence-electron chi connectivity index (χ3n) is 3.68. The number of carbonyl (C=O) groups excluding carboxylic acids is 1. The number of hydrogen-bond acceptors (Lipinski definition) is 1. The van der Waals surface area contributed by atoms with Crippen LogP contribution in [-0.2, 0) is 13.0 Å². The number of amides is 1. The van der Waals surface area contributed by atoms with Gasteiger partial charge in [-0.15, -0.1) is 0 Å². The number of rotatable bonds is 1. The normalized spacial score (nSPS) is 14.3. The summed E-state index contributed by atoms with van der Waals surface area (Å²) in [5.41, 5.74) is 4.01. The monoisotopic (exact) mass is 274 g/mol. The van der Waals surface area contributed by atoms with E-state index in [4.69, 9.17) is 11.6 Å². The lowest BCUT2D eigenvalue weighted by atomic mass is 9.99. The number of nitrogens with one attached hydrogen (secondary N) is 1. The zero-order valence-electron chi connectivity index (χ0n) is 10.7. The van der Waals surface area contributed by atoms with Gasteiger partial charge in [-0.05, 0) is 36.6 Å². The lowest BCUT2D eigenvalue weighted by Gasteiger charge is -2.29. The molecule has 0 fully saturated rings. The summed E-state index contributed by atoms with van der Waals surface area (Å²) in [5.74, 6) is 0.0874. The van der Waals surface area contributed by atoms with Gasteiger partial charge in [0.15, 0.2) is 0 Å². The van der Waals surface area contributed by atoms with Crippen molar-refractivity contribution in [3.8, 4) is 0 Å². The Labute approximate surface area is 117 Å². The molecule has 0 unspecified atom stereocenters. The summed E-state index contributed by atoms with van der Waals surface area (Å²) in [4.78, 5) is 17.4. The van der Waals surface area contributed by atoms with Crippen LogP contribution in [0.1, 0.15) is 27.2 Å². The van der Waals surface area contributed by atoms with Crippen molar-refractivity contribution >= 4 is 17.5 Å². The molecule has 0 saturated carbocycles. The van der Waals surface area contributed by atoms with Crippen molar-refractivity contribution < 1.29 is 4.79 Å². The molecule has 1 amide bonds. The second-order valence-corrected chi connectivity index (χ2v) is 5.28. The van der Waals surface area contributed by atoms with Crippen molar-refractivity contribution in [1.82, 2.24) is 9.88 Å². The summed E-state index contributed by atoms with van der Waals surface area (Å²) < 4.78 is 0. The van der Waals surface area contributed by atoms with Crippen LogP contribution in [0, 0.1) is 6.92 Å². The number of carbonyl (C=O) groups is 1. The second kappa shape index (κ2) is 4.74. The smallest absolute Gasteiger partial charge is 0.255 e. The Kier molecular flexibility index (Phi) is 3.07. The molecule has 3 nitrogen and oxygen atoms in total. The molecular formula is C15H15ClN2O. The van der Waals surface area contributed by atoms with Crippen LogP contribution in [-0.4, -0.2) is 22.3 Å². The molecule has 19 heavy (non-hydrogen) atoms. The Morgan fingerprint density at radius 2 is 2.21 bits per heavy atom. The molecule has 1 N–H and O–H groups in total. The van der Waals surface area contributed by atoms with Gasteiger partial charge in [0.05, 0.1) is 5.56 Å². The van der Waals surface area contributed by atoms with Gasteiger partial charge < -0.3 is 9.88 Å². The van der Waals surface area contributed by atoms with Crippen LogP contribution >= 0.6 is 11.6 Å². The predicted octanol–water partition coefficient (Wildman–Crippen LogP) is 3.18. The second-order valence-electron chi connectivity index (χ2n) is 4.87. The van der Waals surface area contributed by atoms with E-state index in [2.05, 4.69) is 4.98 Å². The maximum Gasteiger partial charge on any atom is 0.255 e. The highest BCUT2D eigenvalue weighted by atomic mass is 35.5. The fraction of sp³-hybridized carbons (Fsp3) is 0.267. The van der Waals surface area contributed by atoms with E-state index in [9.17, 15) is 4.79 Å². The first-order chi connectivity index (χ1) is 9.16. The maximum atomic E-state index is 12.4. The number of fused-ring (bicyclic) bond motifs is 1. The lowest BCUT2D eigenvalue weighted by molar-refractivity contribution is 0.0734. The van der Waals surface area contributed by atoms with Gasteiger partial charge in [0, 0.05) is 30.0 Å². The van der Waals surface area contributed by atoms with E-state index in [1.165, 1.54) is 5.56 Å². The number of aryl methyl sites for hydroxylation is 1. The number of hydrogen-bond donors (Lipinski definition) is 1. The minimum Gasteiger partial charge on any atom is -0.365 e. The topological polar surface area (TPSA) is 36.1 Å². The summed E-state index contributed by atoms with van der Waals surface area (Å²) in [6.45, 7) is 3.28. The largest absolute Gasteiger partial charge is 0.365 e. The van der Waals surface area contributed by atoms with Gasteiger partial charge in [-0.1, -0.05) is 23.7 Å². The number of nitrogens with zero attached hydrogens (tertiary/aromatic N) is 1. The Hall–Kier alpha value is -1.74. The van der Waals surface area contributed by atoms with Crippen LogP contribution in [0.25, 0.3) is 0 Å².